The zero-order valence-corrected chi connectivity index (χ0v) is 13.3. The first-order chi connectivity index (χ1) is 11.3. The SMILES string of the molecule is CCCCc1ccc(NC(=O)c2ccc3c(c2)OCCO3)cc1. The first-order valence-corrected chi connectivity index (χ1v) is 8.06. The first-order valence-electron chi connectivity index (χ1n) is 8.06. The van der Waals surface area contributed by atoms with Gasteiger partial charge in [0.05, 0.1) is 0 Å². The maximum Gasteiger partial charge on any atom is 0.255 e. The van der Waals surface area contributed by atoms with Crippen molar-refractivity contribution < 1.29 is 14.3 Å². The Morgan fingerprint density at radius 1 is 1.04 bits per heavy atom. The predicted octanol–water partition coefficient (Wildman–Crippen LogP) is 4.05. The summed E-state index contributed by atoms with van der Waals surface area (Å²) in [5, 5.41) is 2.91. The number of hydrogen-bond acceptors (Lipinski definition) is 3. The third-order valence-corrected chi connectivity index (χ3v) is 3.84. The molecule has 3 rings (SSSR count). The molecule has 0 saturated carbocycles. The Bertz CT molecular complexity index is 680. The number of carbonyl (C=O) groups excluding carboxylic acids is 1. The Kier molecular flexibility index (Phi) is 4.81. The molecule has 23 heavy (non-hydrogen) atoms. The summed E-state index contributed by atoms with van der Waals surface area (Å²) in [6.45, 7) is 3.24. The summed E-state index contributed by atoms with van der Waals surface area (Å²) in [5.74, 6) is 1.16. The van der Waals surface area contributed by atoms with Gasteiger partial charge in [-0.3, -0.25) is 4.79 Å². The van der Waals surface area contributed by atoms with E-state index < -0.39 is 0 Å². The van der Waals surface area contributed by atoms with Crippen molar-refractivity contribution in [3.8, 4) is 11.5 Å². The molecular formula is C19H21NO3. The van der Waals surface area contributed by atoms with Gasteiger partial charge in [0.15, 0.2) is 11.5 Å². The molecule has 1 aliphatic rings. The molecule has 1 heterocycles. The van der Waals surface area contributed by atoms with Gasteiger partial charge in [0.1, 0.15) is 13.2 Å². The largest absolute Gasteiger partial charge is 0.486 e. The maximum absolute atomic E-state index is 12.3. The Morgan fingerprint density at radius 2 is 1.78 bits per heavy atom. The van der Waals surface area contributed by atoms with Crippen LogP contribution in [-0.2, 0) is 6.42 Å². The average Bonchev–Trinajstić information content (AvgIpc) is 2.60. The van der Waals surface area contributed by atoms with Crippen LogP contribution in [0, 0.1) is 0 Å². The Morgan fingerprint density at radius 3 is 2.52 bits per heavy atom. The highest BCUT2D eigenvalue weighted by Crippen LogP contribution is 2.31. The van der Waals surface area contributed by atoms with Gasteiger partial charge in [-0.2, -0.15) is 0 Å². The predicted molar refractivity (Wildman–Crippen MR) is 90.4 cm³/mol. The van der Waals surface area contributed by atoms with Crippen LogP contribution >= 0.6 is 0 Å². The lowest BCUT2D eigenvalue weighted by Gasteiger charge is -2.18. The number of rotatable bonds is 5. The summed E-state index contributed by atoms with van der Waals surface area (Å²) >= 11 is 0. The number of amides is 1. The van der Waals surface area contributed by atoms with Crippen LogP contribution < -0.4 is 14.8 Å². The van der Waals surface area contributed by atoms with Crippen molar-refractivity contribution in [2.75, 3.05) is 18.5 Å². The van der Waals surface area contributed by atoms with E-state index >= 15 is 0 Å². The molecule has 0 atom stereocenters. The molecule has 0 aromatic heterocycles. The van der Waals surface area contributed by atoms with Crippen molar-refractivity contribution in [3.05, 3.63) is 53.6 Å². The molecule has 120 valence electrons. The molecular weight excluding hydrogens is 290 g/mol. The minimum absolute atomic E-state index is 0.150. The van der Waals surface area contributed by atoms with E-state index in [1.807, 2.05) is 12.1 Å². The maximum atomic E-state index is 12.3. The fourth-order valence-corrected chi connectivity index (χ4v) is 2.52. The average molecular weight is 311 g/mol. The molecule has 1 aliphatic heterocycles. The van der Waals surface area contributed by atoms with Crippen LogP contribution in [0.2, 0.25) is 0 Å². The summed E-state index contributed by atoms with van der Waals surface area (Å²) in [5.41, 5.74) is 2.65. The van der Waals surface area contributed by atoms with Crippen LogP contribution in [-0.4, -0.2) is 19.1 Å². The van der Waals surface area contributed by atoms with Crippen LogP contribution in [0.5, 0.6) is 11.5 Å². The van der Waals surface area contributed by atoms with Gasteiger partial charge in [-0.15, -0.1) is 0 Å². The van der Waals surface area contributed by atoms with Gasteiger partial charge in [-0.1, -0.05) is 25.5 Å². The van der Waals surface area contributed by atoms with E-state index in [1.165, 1.54) is 18.4 Å². The van der Waals surface area contributed by atoms with Crippen molar-refractivity contribution in [2.45, 2.75) is 26.2 Å². The number of unbranched alkanes of at least 4 members (excludes halogenated alkanes) is 1. The van der Waals surface area contributed by atoms with Crippen LogP contribution in [0.25, 0.3) is 0 Å². The lowest BCUT2D eigenvalue weighted by atomic mass is 10.1. The molecule has 1 amide bonds. The molecule has 2 aromatic rings. The molecule has 0 saturated heterocycles. The Balaban J connectivity index is 1.66. The highest BCUT2D eigenvalue weighted by Gasteiger charge is 2.15. The van der Waals surface area contributed by atoms with Crippen molar-refractivity contribution in [3.63, 3.8) is 0 Å². The lowest BCUT2D eigenvalue weighted by molar-refractivity contribution is 0.102. The molecule has 0 unspecified atom stereocenters. The number of carbonyl (C=O) groups is 1. The molecule has 0 fully saturated rings. The Hall–Kier alpha value is -2.49. The molecule has 0 aliphatic carbocycles. The van der Waals surface area contributed by atoms with E-state index in [9.17, 15) is 4.79 Å². The summed E-state index contributed by atoms with van der Waals surface area (Å²) < 4.78 is 11.0. The van der Waals surface area contributed by atoms with Gasteiger partial charge < -0.3 is 14.8 Å². The second-order valence-corrected chi connectivity index (χ2v) is 5.61. The molecule has 4 nitrogen and oxygen atoms in total. The fraction of sp³-hybridized carbons (Fsp3) is 0.316. The number of anilines is 1. The monoisotopic (exact) mass is 311 g/mol. The van der Waals surface area contributed by atoms with Crippen molar-refractivity contribution >= 4 is 11.6 Å². The third-order valence-electron chi connectivity index (χ3n) is 3.84. The van der Waals surface area contributed by atoms with E-state index in [2.05, 4.69) is 24.4 Å². The number of benzene rings is 2. The molecule has 1 N–H and O–H groups in total. The standard InChI is InChI=1S/C19H21NO3/c1-2-3-4-14-5-8-16(9-6-14)20-19(21)15-7-10-17-18(13-15)23-12-11-22-17/h5-10,13H,2-4,11-12H2,1H3,(H,20,21). The minimum Gasteiger partial charge on any atom is -0.486 e. The smallest absolute Gasteiger partial charge is 0.255 e. The summed E-state index contributed by atoms with van der Waals surface area (Å²) in [7, 11) is 0. The topological polar surface area (TPSA) is 47.6 Å². The van der Waals surface area contributed by atoms with Gasteiger partial charge in [0.2, 0.25) is 0 Å². The van der Waals surface area contributed by atoms with Crippen LogP contribution in [0.3, 0.4) is 0 Å². The summed E-state index contributed by atoms with van der Waals surface area (Å²) in [6, 6.07) is 13.3. The normalized spacial score (nSPS) is 12.7. The lowest BCUT2D eigenvalue weighted by Crippen LogP contribution is -2.17. The van der Waals surface area contributed by atoms with Gasteiger partial charge in [0.25, 0.3) is 5.91 Å². The highest BCUT2D eigenvalue weighted by molar-refractivity contribution is 6.04. The van der Waals surface area contributed by atoms with Gasteiger partial charge in [-0.25, -0.2) is 0 Å². The number of ether oxygens (including phenoxy) is 2. The third kappa shape index (κ3) is 3.83. The van der Waals surface area contributed by atoms with E-state index in [-0.39, 0.29) is 5.91 Å². The minimum atomic E-state index is -0.150. The van der Waals surface area contributed by atoms with Gasteiger partial charge in [-0.05, 0) is 48.7 Å². The van der Waals surface area contributed by atoms with Crippen molar-refractivity contribution in [1.29, 1.82) is 0 Å². The zero-order valence-electron chi connectivity index (χ0n) is 13.3. The number of hydrogen-bond donors (Lipinski definition) is 1. The van der Waals surface area contributed by atoms with E-state index in [0.717, 1.165) is 12.1 Å². The van der Waals surface area contributed by atoms with Crippen molar-refractivity contribution in [1.82, 2.24) is 0 Å². The quantitative estimate of drug-likeness (QED) is 0.906. The number of fused-ring (bicyclic) bond motifs is 1. The fourth-order valence-electron chi connectivity index (χ4n) is 2.52. The highest BCUT2D eigenvalue weighted by atomic mass is 16.6. The number of aryl methyl sites for hydroxylation is 1. The summed E-state index contributed by atoms with van der Waals surface area (Å²) in [6.07, 6.45) is 3.44. The molecule has 2 aromatic carbocycles. The van der Waals surface area contributed by atoms with Crippen LogP contribution in [0.15, 0.2) is 42.5 Å². The first kappa shape index (κ1) is 15.4. The van der Waals surface area contributed by atoms with Crippen LogP contribution in [0.4, 0.5) is 5.69 Å². The molecule has 4 heteroatoms. The van der Waals surface area contributed by atoms with E-state index in [0.29, 0.717) is 30.3 Å². The van der Waals surface area contributed by atoms with Crippen LogP contribution in [0.1, 0.15) is 35.7 Å². The van der Waals surface area contributed by atoms with Gasteiger partial charge in [0, 0.05) is 11.3 Å². The summed E-state index contributed by atoms with van der Waals surface area (Å²) in [4.78, 5) is 12.3. The molecule has 0 radical (unpaired) electrons. The number of nitrogens with one attached hydrogen (secondary N) is 1. The molecule has 0 spiro atoms. The second kappa shape index (κ2) is 7.18. The van der Waals surface area contributed by atoms with Gasteiger partial charge >= 0.3 is 0 Å². The molecule has 0 bridgehead atoms. The second-order valence-electron chi connectivity index (χ2n) is 5.61. The zero-order chi connectivity index (χ0) is 16.1. The van der Waals surface area contributed by atoms with Crippen molar-refractivity contribution in [2.24, 2.45) is 0 Å². The van der Waals surface area contributed by atoms with E-state index in [1.54, 1.807) is 18.2 Å². The Labute approximate surface area is 136 Å². The van der Waals surface area contributed by atoms with E-state index in [4.69, 9.17) is 9.47 Å².